The molecule has 25 heavy (non-hydrogen) atoms. The van der Waals surface area contributed by atoms with Crippen molar-refractivity contribution in [3.05, 3.63) is 0 Å². The molecule has 0 aliphatic carbocycles. The molecule has 2 heterocycles. The van der Waals surface area contributed by atoms with Gasteiger partial charge >= 0.3 is 12.1 Å². The lowest BCUT2D eigenvalue weighted by atomic mass is 10.0. The average Bonchev–Trinajstić information content (AvgIpc) is 2.70. The number of hydrogen-bond donors (Lipinski definition) is 4. The molecule has 0 aromatic rings. The van der Waals surface area contributed by atoms with Gasteiger partial charge < -0.3 is 20.7 Å². The first-order valence-electron chi connectivity index (χ1n) is 8.04. The van der Waals surface area contributed by atoms with Crippen LogP contribution in [0.1, 0.15) is 33.6 Å². The topological polar surface area (TPSA) is 146 Å². The Bertz CT molecular complexity index is 536. The van der Waals surface area contributed by atoms with Crippen LogP contribution in [0.15, 0.2) is 0 Å². The van der Waals surface area contributed by atoms with E-state index >= 15 is 0 Å². The van der Waals surface area contributed by atoms with Gasteiger partial charge in [-0.2, -0.15) is 0 Å². The summed E-state index contributed by atoms with van der Waals surface area (Å²) in [5, 5.41) is 12.6. The lowest BCUT2D eigenvalue weighted by molar-refractivity contribution is -0.139. The van der Waals surface area contributed by atoms with Crippen LogP contribution in [-0.4, -0.2) is 70.2 Å². The van der Waals surface area contributed by atoms with E-state index in [1.807, 2.05) is 0 Å². The van der Waals surface area contributed by atoms with Gasteiger partial charge in [0.15, 0.2) is 0 Å². The van der Waals surface area contributed by atoms with E-state index in [1.165, 1.54) is 4.90 Å². The zero-order valence-corrected chi connectivity index (χ0v) is 14.5. The summed E-state index contributed by atoms with van der Waals surface area (Å²) in [6.45, 7) is 5.28. The van der Waals surface area contributed by atoms with Crippen LogP contribution in [0.5, 0.6) is 0 Å². The molecule has 0 aromatic heterocycles. The van der Waals surface area contributed by atoms with Gasteiger partial charge in [0.05, 0.1) is 6.04 Å². The SMILES string of the molecule is CC(C)(C)OC(=O)N[C@H](N)CONC(=O)[C@@H]1CCC2CN1C(=O)N2O. The van der Waals surface area contributed by atoms with Crippen molar-refractivity contribution in [2.45, 2.75) is 57.5 Å². The number of hydrogen-bond acceptors (Lipinski definition) is 7. The highest BCUT2D eigenvalue weighted by Crippen LogP contribution is 2.28. The fourth-order valence-corrected chi connectivity index (χ4v) is 2.69. The number of carbonyl (C=O) groups excluding carboxylic acids is 3. The minimum atomic E-state index is -0.882. The first-order chi connectivity index (χ1) is 11.6. The Hall–Kier alpha value is -2.11. The zero-order valence-electron chi connectivity index (χ0n) is 14.5. The Kier molecular flexibility index (Phi) is 5.70. The molecule has 4 amide bonds. The summed E-state index contributed by atoms with van der Waals surface area (Å²) in [7, 11) is 0. The quantitative estimate of drug-likeness (QED) is 0.294. The van der Waals surface area contributed by atoms with Crippen molar-refractivity contribution in [3.8, 4) is 0 Å². The molecule has 11 heteroatoms. The van der Waals surface area contributed by atoms with Gasteiger partial charge in [-0.1, -0.05) is 0 Å². The minimum Gasteiger partial charge on any atom is -0.444 e. The Labute approximate surface area is 145 Å². The number of carbonyl (C=O) groups is 3. The van der Waals surface area contributed by atoms with Gasteiger partial charge in [0.2, 0.25) is 0 Å². The minimum absolute atomic E-state index is 0.180. The molecular formula is C14H25N5O6. The van der Waals surface area contributed by atoms with E-state index in [-0.39, 0.29) is 12.6 Å². The van der Waals surface area contributed by atoms with Crippen LogP contribution in [0.25, 0.3) is 0 Å². The smallest absolute Gasteiger partial charge is 0.408 e. The molecule has 0 spiro atoms. The molecule has 2 bridgehead atoms. The third kappa shape index (κ3) is 4.94. The number of urea groups is 1. The molecule has 0 aromatic carbocycles. The van der Waals surface area contributed by atoms with Crippen molar-refractivity contribution in [3.63, 3.8) is 0 Å². The Balaban J connectivity index is 1.72. The maximum atomic E-state index is 12.1. The fourth-order valence-electron chi connectivity index (χ4n) is 2.69. The van der Waals surface area contributed by atoms with E-state index < -0.39 is 35.8 Å². The summed E-state index contributed by atoms with van der Waals surface area (Å²) in [4.78, 5) is 41.8. The molecule has 1 unspecified atom stereocenters. The van der Waals surface area contributed by atoms with Crippen LogP contribution in [-0.2, 0) is 14.4 Å². The highest BCUT2D eigenvalue weighted by molar-refractivity contribution is 5.87. The van der Waals surface area contributed by atoms with Gasteiger partial charge in [0.1, 0.15) is 24.4 Å². The highest BCUT2D eigenvalue weighted by Gasteiger charge is 2.46. The third-order valence-corrected chi connectivity index (χ3v) is 3.78. The number of nitrogens with zero attached hydrogens (tertiary/aromatic N) is 2. The number of fused-ring (bicyclic) bond motifs is 2. The lowest BCUT2D eigenvalue weighted by Crippen LogP contribution is -2.51. The maximum absolute atomic E-state index is 12.1. The molecule has 0 radical (unpaired) electrons. The number of nitrogens with one attached hydrogen (secondary N) is 2. The molecule has 5 N–H and O–H groups in total. The van der Waals surface area contributed by atoms with Crippen molar-refractivity contribution in [2.24, 2.45) is 5.73 Å². The summed E-state index contributed by atoms with van der Waals surface area (Å²) in [6.07, 6.45) is -0.632. The van der Waals surface area contributed by atoms with Crippen molar-refractivity contribution in [2.75, 3.05) is 13.2 Å². The average molecular weight is 359 g/mol. The number of piperidine rings is 1. The van der Waals surface area contributed by atoms with Crippen LogP contribution >= 0.6 is 0 Å². The molecule has 2 aliphatic heterocycles. The summed E-state index contributed by atoms with van der Waals surface area (Å²) in [5.41, 5.74) is 7.23. The molecule has 2 saturated heterocycles. The monoisotopic (exact) mass is 359 g/mol. The van der Waals surface area contributed by atoms with Gasteiger partial charge in [-0.25, -0.2) is 20.1 Å². The molecule has 2 rings (SSSR count). The van der Waals surface area contributed by atoms with Gasteiger partial charge in [-0.15, -0.1) is 0 Å². The Morgan fingerprint density at radius 2 is 2.08 bits per heavy atom. The van der Waals surface area contributed by atoms with E-state index in [0.29, 0.717) is 24.4 Å². The highest BCUT2D eigenvalue weighted by atomic mass is 16.7. The first kappa shape index (κ1) is 19.2. The number of amides is 4. The Morgan fingerprint density at radius 3 is 2.72 bits per heavy atom. The van der Waals surface area contributed by atoms with Gasteiger partial charge in [0.25, 0.3) is 5.91 Å². The maximum Gasteiger partial charge on any atom is 0.408 e. The van der Waals surface area contributed by atoms with Crippen molar-refractivity contribution in [1.82, 2.24) is 20.8 Å². The van der Waals surface area contributed by atoms with E-state index in [1.54, 1.807) is 20.8 Å². The summed E-state index contributed by atoms with van der Waals surface area (Å²) >= 11 is 0. The summed E-state index contributed by atoms with van der Waals surface area (Å²) in [6, 6.07) is -1.58. The second-order valence-corrected chi connectivity index (χ2v) is 7.06. The van der Waals surface area contributed by atoms with Crippen LogP contribution in [0.2, 0.25) is 0 Å². The summed E-state index contributed by atoms with van der Waals surface area (Å²) in [5.74, 6) is -0.508. The summed E-state index contributed by atoms with van der Waals surface area (Å²) < 4.78 is 5.04. The molecular weight excluding hydrogens is 334 g/mol. The second kappa shape index (κ2) is 7.42. The van der Waals surface area contributed by atoms with Gasteiger partial charge in [-0.05, 0) is 33.6 Å². The van der Waals surface area contributed by atoms with Crippen molar-refractivity contribution >= 4 is 18.0 Å². The van der Waals surface area contributed by atoms with Crippen LogP contribution < -0.4 is 16.5 Å². The van der Waals surface area contributed by atoms with Crippen LogP contribution in [0.3, 0.4) is 0 Å². The predicted octanol–water partition coefficient (Wildman–Crippen LogP) is -0.498. The predicted molar refractivity (Wildman–Crippen MR) is 84.0 cm³/mol. The Morgan fingerprint density at radius 1 is 1.40 bits per heavy atom. The van der Waals surface area contributed by atoms with Crippen LogP contribution in [0, 0.1) is 0 Å². The van der Waals surface area contributed by atoms with Crippen LogP contribution in [0.4, 0.5) is 9.59 Å². The van der Waals surface area contributed by atoms with E-state index in [9.17, 15) is 19.6 Å². The number of rotatable bonds is 5. The first-order valence-corrected chi connectivity index (χ1v) is 8.04. The molecule has 142 valence electrons. The van der Waals surface area contributed by atoms with Crippen molar-refractivity contribution < 1.29 is 29.2 Å². The second-order valence-electron chi connectivity index (χ2n) is 7.06. The standard InChI is InChI=1S/C14H25N5O6/c1-14(2,3)25-12(21)16-10(15)7-24-17-11(20)9-5-4-8-6-18(9)13(22)19(8)23/h8-10,23H,4-7,15H2,1-3H3,(H,16,21)(H,17,20)/t8?,9-,10-/m0/s1. The lowest BCUT2D eigenvalue weighted by Gasteiger charge is -2.29. The molecule has 2 fully saturated rings. The van der Waals surface area contributed by atoms with E-state index in [2.05, 4.69) is 10.8 Å². The van der Waals surface area contributed by atoms with Gasteiger partial charge in [-0.3, -0.25) is 14.8 Å². The number of hydroxylamine groups is 3. The fraction of sp³-hybridized carbons (Fsp3) is 0.786. The molecule has 11 nitrogen and oxygen atoms in total. The molecule has 0 saturated carbocycles. The van der Waals surface area contributed by atoms with Gasteiger partial charge in [0, 0.05) is 6.54 Å². The number of nitrogens with two attached hydrogens (primary N) is 1. The molecule has 2 aliphatic rings. The normalized spacial score (nSPS) is 24.1. The van der Waals surface area contributed by atoms with E-state index in [0.717, 1.165) is 0 Å². The largest absolute Gasteiger partial charge is 0.444 e. The zero-order chi connectivity index (χ0) is 18.8. The number of ether oxygens (including phenoxy) is 1. The number of alkyl carbamates (subject to hydrolysis) is 1. The third-order valence-electron chi connectivity index (χ3n) is 3.78. The van der Waals surface area contributed by atoms with E-state index in [4.69, 9.17) is 15.3 Å². The van der Waals surface area contributed by atoms with Crippen molar-refractivity contribution in [1.29, 1.82) is 0 Å². The molecule has 3 atom stereocenters.